The second-order valence-electron chi connectivity index (χ2n) is 7.60. The molecule has 0 unspecified atom stereocenters. The molecule has 2 heterocycles. The second kappa shape index (κ2) is 8.61. The lowest BCUT2D eigenvalue weighted by Crippen LogP contribution is -2.48. The first-order chi connectivity index (χ1) is 13.4. The molecule has 2 N–H and O–H groups in total. The standard InChI is InChI=1S/C22H30N4O2/c1-15-6-5-7-19(14-15)26-12-10-25(11-13-26)9-8-23-22(28)21-16(2)20(18(4)27)17(3)24-21/h5-7,14,24H,8-13H2,1-4H3,(H,23,28). The Balaban J connectivity index is 1.47. The minimum atomic E-state index is -0.147. The van der Waals surface area contributed by atoms with Gasteiger partial charge in [0.1, 0.15) is 5.69 Å². The summed E-state index contributed by atoms with van der Waals surface area (Å²) in [5.41, 5.74) is 5.17. The van der Waals surface area contributed by atoms with Crippen LogP contribution in [0.5, 0.6) is 0 Å². The van der Waals surface area contributed by atoms with E-state index in [1.165, 1.54) is 18.2 Å². The van der Waals surface area contributed by atoms with Crippen molar-refractivity contribution >= 4 is 17.4 Å². The third-order valence-corrected chi connectivity index (χ3v) is 5.47. The number of ketones is 1. The molecular weight excluding hydrogens is 352 g/mol. The topological polar surface area (TPSA) is 68.4 Å². The van der Waals surface area contributed by atoms with E-state index in [9.17, 15) is 9.59 Å². The predicted molar refractivity (Wildman–Crippen MR) is 112 cm³/mol. The van der Waals surface area contributed by atoms with Crippen LogP contribution in [-0.2, 0) is 0 Å². The lowest BCUT2D eigenvalue weighted by atomic mass is 10.1. The van der Waals surface area contributed by atoms with E-state index in [4.69, 9.17) is 0 Å². The molecule has 3 rings (SSSR count). The maximum absolute atomic E-state index is 12.5. The molecule has 1 amide bonds. The maximum Gasteiger partial charge on any atom is 0.268 e. The molecule has 0 bridgehead atoms. The fourth-order valence-corrected chi connectivity index (χ4v) is 3.98. The van der Waals surface area contributed by atoms with E-state index < -0.39 is 0 Å². The van der Waals surface area contributed by atoms with Gasteiger partial charge in [0, 0.05) is 56.2 Å². The van der Waals surface area contributed by atoms with Gasteiger partial charge in [0.15, 0.2) is 5.78 Å². The summed E-state index contributed by atoms with van der Waals surface area (Å²) >= 11 is 0. The Kier molecular flexibility index (Phi) is 6.19. The van der Waals surface area contributed by atoms with Gasteiger partial charge < -0.3 is 15.2 Å². The van der Waals surface area contributed by atoms with Gasteiger partial charge >= 0.3 is 0 Å². The van der Waals surface area contributed by atoms with Crippen molar-refractivity contribution in [2.75, 3.05) is 44.2 Å². The van der Waals surface area contributed by atoms with Gasteiger partial charge in [-0.1, -0.05) is 12.1 Å². The number of H-pyrrole nitrogens is 1. The van der Waals surface area contributed by atoms with Crippen LogP contribution in [0.25, 0.3) is 0 Å². The first-order valence-corrected chi connectivity index (χ1v) is 9.89. The van der Waals surface area contributed by atoms with E-state index in [0.29, 0.717) is 17.8 Å². The Morgan fingerprint density at radius 1 is 1.11 bits per heavy atom. The number of carbonyl (C=O) groups is 2. The van der Waals surface area contributed by atoms with Crippen molar-refractivity contribution in [1.82, 2.24) is 15.2 Å². The monoisotopic (exact) mass is 382 g/mol. The fourth-order valence-electron chi connectivity index (χ4n) is 3.98. The number of aryl methyl sites for hydroxylation is 2. The molecule has 6 nitrogen and oxygen atoms in total. The molecule has 1 fully saturated rings. The maximum atomic E-state index is 12.5. The highest BCUT2D eigenvalue weighted by Gasteiger charge is 2.20. The smallest absolute Gasteiger partial charge is 0.268 e. The Morgan fingerprint density at radius 2 is 1.82 bits per heavy atom. The van der Waals surface area contributed by atoms with Crippen LogP contribution in [0.2, 0.25) is 0 Å². The van der Waals surface area contributed by atoms with Crippen LogP contribution in [0.15, 0.2) is 24.3 Å². The van der Waals surface area contributed by atoms with E-state index >= 15 is 0 Å². The zero-order valence-corrected chi connectivity index (χ0v) is 17.3. The van der Waals surface area contributed by atoms with Crippen molar-refractivity contribution in [2.45, 2.75) is 27.7 Å². The Morgan fingerprint density at radius 3 is 2.43 bits per heavy atom. The molecule has 0 spiro atoms. The van der Waals surface area contributed by atoms with Crippen molar-refractivity contribution in [2.24, 2.45) is 0 Å². The number of rotatable bonds is 6. The summed E-state index contributed by atoms with van der Waals surface area (Å²) in [7, 11) is 0. The van der Waals surface area contributed by atoms with Crippen molar-refractivity contribution in [3.63, 3.8) is 0 Å². The second-order valence-corrected chi connectivity index (χ2v) is 7.60. The molecule has 0 aliphatic carbocycles. The number of nitrogens with one attached hydrogen (secondary N) is 2. The van der Waals surface area contributed by atoms with Crippen molar-refractivity contribution in [1.29, 1.82) is 0 Å². The minimum Gasteiger partial charge on any atom is -0.369 e. The first kappa shape index (κ1) is 20.1. The molecule has 6 heteroatoms. The highest BCUT2D eigenvalue weighted by Crippen LogP contribution is 2.19. The van der Waals surface area contributed by atoms with Gasteiger partial charge in [-0.15, -0.1) is 0 Å². The van der Waals surface area contributed by atoms with E-state index in [0.717, 1.165) is 44.0 Å². The number of piperazine rings is 1. The van der Waals surface area contributed by atoms with Gasteiger partial charge in [0.25, 0.3) is 5.91 Å². The molecule has 1 aliphatic heterocycles. The zero-order valence-electron chi connectivity index (χ0n) is 17.3. The largest absolute Gasteiger partial charge is 0.369 e. The zero-order chi connectivity index (χ0) is 20.3. The molecule has 28 heavy (non-hydrogen) atoms. The molecular formula is C22H30N4O2. The average Bonchev–Trinajstić information content (AvgIpc) is 2.96. The number of aromatic nitrogens is 1. The van der Waals surface area contributed by atoms with Crippen LogP contribution in [0, 0.1) is 20.8 Å². The van der Waals surface area contributed by atoms with Gasteiger partial charge in [-0.2, -0.15) is 0 Å². The third-order valence-electron chi connectivity index (χ3n) is 5.47. The summed E-state index contributed by atoms with van der Waals surface area (Å²) in [4.78, 5) is 32.1. The van der Waals surface area contributed by atoms with Gasteiger partial charge in [-0.05, 0) is 51.0 Å². The van der Waals surface area contributed by atoms with E-state index in [1.807, 2.05) is 13.8 Å². The summed E-state index contributed by atoms with van der Waals surface area (Å²) in [6.07, 6.45) is 0. The average molecular weight is 383 g/mol. The molecule has 1 aromatic carbocycles. The lowest BCUT2D eigenvalue weighted by Gasteiger charge is -2.36. The number of carbonyl (C=O) groups excluding carboxylic acids is 2. The van der Waals surface area contributed by atoms with Gasteiger partial charge in [0.2, 0.25) is 0 Å². The third kappa shape index (κ3) is 4.44. The van der Waals surface area contributed by atoms with Crippen LogP contribution in [0.1, 0.15) is 44.6 Å². The van der Waals surface area contributed by atoms with E-state index in [1.54, 1.807) is 0 Å². The molecule has 1 aliphatic rings. The summed E-state index contributed by atoms with van der Waals surface area (Å²) < 4.78 is 0. The summed E-state index contributed by atoms with van der Waals surface area (Å²) in [6.45, 7) is 12.7. The quantitative estimate of drug-likeness (QED) is 0.754. The van der Waals surface area contributed by atoms with E-state index in [-0.39, 0.29) is 11.7 Å². The summed E-state index contributed by atoms with van der Waals surface area (Å²) in [5, 5.41) is 2.98. The number of hydrogen-bond donors (Lipinski definition) is 2. The molecule has 150 valence electrons. The molecule has 2 aromatic rings. The van der Waals surface area contributed by atoms with Crippen LogP contribution in [-0.4, -0.2) is 60.8 Å². The highest BCUT2D eigenvalue weighted by atomic mass is 16.2. The Bertz CT molecular complexity index is 863. The Hall–Kier alpha value is -2.60. The fraction of sp³-hybridized carbons (Fsp3) is 0.455. The number of Topliss-reactive ketones (excluding diaryl/α,β-unsaturated/α-hetero) is 1. The van der Waals surface area contributed by atoms with Crippen molar-refractivity contribution in [3.05, 3.63) is 52.3 Å². The van der Waals surface area contributed by atoms with Gasteiger partial charge in [0.05, 0.1) is 0 Å². The van der Waals surface area contributed by atoms with Gasteiger partial charge in [-0.25, -0.2) is 0 Å². The Labute approximate surface area is 166 Å². The SMILES string of the molecule is CC(=O)c1c(C)[nH]c(C(=O)NCCN2CCN(c3cccc(C)c3)CC2)c1C. The highest BCUT2D eigenvalue weighted by molar-refractivity contribution is 6.02. The minimum absolute atomic E-state index is 0.0169. The summed E-state index contributed by atoms with van der Waals surface area (Å²) in [5.74, 6) is -0.164. The molecule has 0 radical (unpaired) electrons. The van der Waals surface area contributed by atoms with Crippen LogP contribution in [0.3, 0.4) is 0 Å². The number of amides is 1. The molecule has 1 saturated heterocycles. The summed E-state index contributed by atoms with van der Waals surface area (Å²) in [6, 6.07) is 8.62. The van der Waals surface area contributed by atoms with Crippen molar-refractivity contribution in [3.8, 4) is 0 Å². The lowest BCUT2D eigenvalue weighted by molar-refractivity contribution is 0.0942. The number of nitrogens with zero attached hydrogens (tertiary/aromatic N) is 2. The molecule has 1 aromatic heterocycles. The number of aromatic amines is 1. The molecule has 0 atom stereocenters. The van der Waals surface area contributed by atoms with Crippen LogP contribution in [0.4, 0.5) is 5.69 Å². The van der Waals surface area contributed by atoms with Crippen molar-refractivity contribution < 1.29 is 9.59 Å². The van der Waals surface area contributed by atoms with Crippen LogP contribution >= 0.6 is 0 Å². The predicted octanol–water partition coefficient (Wildman–Crippen LogP) is 2.69. The van der Waals surface area contributed by atoms with Crippen LogP contribution < -0.4 is 10.2 Å². The number of benzene rings is 1. The first-order valence-electron chi connectivity index (χ1n) is 9.89. The number of anilines is 1. The van der Waals surface area contributed by atoms with E-state index in [2.05, 4.69) is 51.3 Å². The molecule has 0 saturated carbocycles. The normalized spacial score (nSPS) is 14.9. The number of hydrogen-bond acceptors (Lipinski definition) is 4. The van der Waals surface area contributed by atoms with Gasteiger partial charge in [-0.3, -0.25) is 14.5 Å².